The number of anilines is 1. The molecule has 2 N–H and O–H groups in total. The van der Waals surface area contributed by atoms with Gasteiger partial charge in [-0.3, -0.25) is 4.79 Å². The third kappa shape index (κ3) is 5.24. The Kier molecular flexibility index (Phi) is 6.60. The van der Waals surface area contributed by atoms with Gasteiger partial charge in [0.15, 0.2) is 0 Å². The van der Waals surface area contributed by atoms with Gasteiger partial charge < -0.3 is 19.9 Å². The molecular formula is C20H23NO5. The van der Waals surface area contributed by atoms with Gasteiger partial charge >= 0.3 is 5.97 Å². The van der Waals surface area contributed by atoms with E-state index in [0.717, 1.165) is 6.42 Å². The van der Waals surface area contributed by atoms with Crippen LogP contribution in [0, 0.1) is 0 Å². The van der Waals surface area contributed by atoms with Crippen molar-refractivity contribution in [3.8, 4) is 11.5 Å². The predicted molar refractivity (Wildman–Crippen MR) is 99.3 cm³/mol. The first-order valence-electron chi connectivity index (χ1n) is 8.49. The summed E-state index contributed by atoms with van der Waals surface area (Å²) in [6.45, 7) is 6.28. The number of hydrogen-bond donors (Lipinski definition) is 2. The quantitative estimate of drug-likeness (QED) is 0.739. The summed E-state index contributed by atoms with van der Waals surface area (Å²) < 4.78 is 11.1. The molecule has 0 fully saturated rings. The lowest BCUT2D eigenvalue weighted by atomic mass is 10.1. The van der Waals surface area contributed by atoms with Crippen LogP contribution in [0.3, 0.4) is 0 Å². The third-order valence-electron chi connectivity index (χ3n) is 3.42. The molecule has 0 atom stereocenters. The molecule has 0 aliphatic carbocycles. The minimum Gasteiger partial charge on any atom is -0.491 e. The number of carbonyl (C=O) groups is 2. The van der Waals surface area contributed by atoms with Gasteiger partial charge in [-0.1, -0.05) is 6.92 Å². The largest absolute Gasteiger partial charge is 0.491 e. The van der Waals surface area contributed by atoms with E-state index in [1.807, 2.05) is 20.8 Å². The van der Waals surface area contributed by atoms with Gasteiger partial charge in [0.05, 0.1) is 24.0 Å². The lowest BCUT2D eigenvalue weighted by Crippen LogP contribution is -2.14. The summed E-state index contributed by atoms with van der Waals surface area (Å²) in [5.74, 6) is -0.316. The fourth-order valence-electron chi connectivity index (χ4n) is 2.25. The molecule has 0 bridgehead atoms. The number of rotatable bonds is 8. The van der Waals surface area contributed by atoms with E-state index in [9.17, 15) is 9.59 Å². The van der Waals surface area contributed by atoms with Crippen LogP contribution in [0.25, 0.3) is 0 Å². The van der Waals surface area contributed by atoms with Crippen molar-refractivity contribution in [2.24, 2.45) is 0 Å². The molecule has 0 spiro atoms. The highest BCUT2D eigenvalue weighted by atomic mass is 16.5. The Morgan fingerprint density at radius 2 is 1.73 bits per heavy atom. The maximum atomic E-state index is 12.5. The van der Waals surface area contributed by atoms with Gasteiger partial charge in [0, 0.05) is 5.56 Å². The van der Waals surface area contributed by atoms with E-state index in [1.165, 1.54) is 12.1 Å². The summed E-state index contributed by atoms with van der Waals surface area (Å²) in [6, 6.07) is 11.1. The van der Waals surface area contributed by atoms with E-state index >= 15 is 0 Å². The predicted octanol–water partition coefficient (Wildman–Crippen LogP) is 4.21. The summed E-state index contributed by atoms with van der Waals surface area (Å²) in [6.07, 6.45) is 0.845. The Labute approximate surface area is 152 Å². The van der Waals surface area contributed by atoms with Crippen LogP contribution in [0.4, 0.5) is 5.69 Å². The van der Waals surface area contributed by atoms with Crippen LogP contribution in [0.5, 0.6) is 11.5 Å². The second kappa shape index (κ2) is 8.89. The number of amides is 1. The summed E-state index contributed by atoms with van der Waals surface area (Å²) in [7, 11) is 0. The maximum absolute atomic E-state index is 12.5. The van der Waals surface area contributed by atoms with Crippen LogP contribution < -0.4 is 14.8 Å². The van der Waals surface area contributed by atoms with E-state index in [2.05, 4.69) is 5.32 Å². The number of carbonyl (C=O) groups excluding carboxylic acids is 1. The molecule has 26 heavy (non-hydrogen) atoms. The molecule has 0 saturated heterocycles. The number of carboxylic acids is 1. The van der Waals surface area contributed by atoms with Crippen molar-refractivity contribution in [3.63, 3.8) is 0 Å². The van der Waals surface area contributed by atoms with Crippen molar-refractivity contribution in [2.75, 3.05) is 11.9 Å². The molecule has 0 aromatic heterocycles. The van der Waals surface area contributed by atoms with E-state index in [1.54, 1.807) is 30.3 Å². The van der Waals surface area contributed by atoms with Crippen molar-refractivity contribution in [1.82, 2.24) is 0 Å². The number of nitrogens with one attached hydrogen (secondary N) is 1. The van der Waals surface area contributed by atoms with E-state index < -0.39 is 5.97 Å². The molecule has 0 unspecified atom stereocenters. The summed E-state index contributed by atoms with van der Waals surface area (Å²) in [5, 5.41) is 11.9. The topological polar surface area (TPSA) is 84.9 Å². The molecule has 2 aromatic carbocycles. The van der Waals surface area contributed by atoms with Gasteiger partial charge in [-0.25, -0.2) is 4.79 Å². The van der Waals surface area contributed by atoms with Crippen LogP contribution in [0.15, 0.2) is 42.5 Å². The molecule has 0 saturated carbocycles. The molecule has 1 amide bonds. The molecule has 2 rings (SSSR count). The van der Waals surface area contributed by atoms with Gasteiger partial charge in [-0.2, -0.15) is 0 Å². The Hall–Kier alpha value is -3.02. The van der Waals surface area contributed by atoms with Crippen molar-refractivity contribution in [2.45, 2.75) is 33.3 Å². The first kappa shape index (κ1) is 19.3. The highest BCUT2D eigenvalue weighted by molar-refractivity contribution is 6.05. The maximum Gasteiger partial charge on any atom is 0.335 e. The molecule has 2 aromatic rings. The summed E-state index contributed by atoms with van der Waals surface area (Å²) in [5.41, 5.74) is 0.832. The molecule has 6 heteroatoms. The smallest absolute Gasteiger partial charge is 0.335 e. The van der Waals surface area contributed by atoms with E-state index in [-0.39, 0.29) is 17.6 Å². The molecule has 0 aliphatic rings. The van der Waals surface area contributed by atoms with Gasteiger partial charge in [0.2, 0.25) is 0 Å². The Bertz CT molecular complexity index is 768. The van der Waals surface area contributed by atoms with Gasteiger partial charge in [-0.05, 0) is 62.7 Å². The standard InChI is InChI=1S/C20H23NO5/c1-4-11-25-18-10-7-15(20(23)24)12-17(18)21-19(22)14-5-8-16(9-6-14)26-13(2)3/h5-10,12-13H,4,11H2,1-3H3,(H,21,22)(H,23,24). The first-order valence-corrected chi connectivity index (χ1v) is 8.49. The molecule has 0 radical (unpaired) electrons. The van der Waals surface area contributed by atoms with E-state index in [0.29, 0.717) is 29.4 Å². The SMILES string of the molecule is CCCOc1ccc(C(=O)O)cc1NC(=O)c1ccc(OC(C)C)cc1. The van der Waals surface area contributed by atoms with Crippen molar-refractivity contribution >= 4 is 17.6 Å². The lowest BCUT2D eigenvalue weighted by Gasteiger charge is -2.13. The number of hydrogen-bond acceptors (Lipinski definition) is 4. The highest BCUT2D eigenvalue weighted by Gasteiger charge is 2.14. The monoisotopic (exact) mass is 357 g/mol. The molecule has 0 aliphatic heterocycles. The molecular weight excluding hydrogens is 334 g/mol. The van der Waals surface area contributed by atoms with Crippen LogP contribution >= 0.6 is 0 Å². The lowest BCUT2D eigenvalue weighted by molar-refractivity contribution is 0.0696. The molecule has 0 heterocycles. The van der Waals surface area contributed by atoms with Crippen LogP contribution in [0.2, 0.25) is 0 Å². The van der Waals surface area contributed by atoms with Crippen molar-refractivity contribution < 1.29 is 24.2 Å². The van der Waals surface area contributed by atoms with Crippen LogP contribution in [-0.4, -0.2) is 29.7 Å². The second-order valence-corrected chi connectivity index (χ2v) is 6.01. The zero-order chi connectivity index (χ0) is 19.1. The number of aromatic carboxylic acids is 1. The molecule has 138 valence electrons. The minimum atomic E-state index is -1.07. The first-order chi connectivity index (χ1) is 12.4. The zero-order valence-electron chi connectivity index (χ0n) is 15.1. The van der Waals surface area contributed by atoms with Gasteiger partial charge in [-0.15, -0.1) is 0 Å². The number of benzene rings is 2. The van der Waals surface area contributed by atoms with Crippen LogP contribution in [0.1, 0.15) is 47.9 Å². The molecule has 6 nitrogen and oxygen atoms in total. The van der Waals surface area contributed by atoms with Crippen molar-refractivity contribution in [1.29, 1.82) is 0 Å². The fourth-order valence-corrected chi connectivity index (χ4v) is 2.25. The Morgan fingerprint density at radius 1 is 1.08 bits per heavy atom. The summed E-state index contributed by atoms with van der Waals surface area (Å²) >= 11 is 0. The van der Waals surface area contributed by atoms with Gasteiger partial charge in [0.1, 0.15) is 11.5 Å². The minimum absolute atomic E-state index is 0.0479. The van der Waals surface area contributed by atoms with Gasteiger partial charge in [0.25, 0.3) is 5.91 Å². The summed E-state index contributed by atoms with van der Waals surface area (Å²) in [4.78, 5) is 23.7. The fraction of sp³-hybridized carbons (Fsp3) is 0.300. The normalized spacial score (nSPS) is 10.5. The third-order valence-corrected chi connectivity index (χ3v) is 3.42. The number of ether oxygens (including phenoxy) is 2. The van der Waals surface area contributed by atoms with Crippen LogP contribution in [-0.2, 0) is 0 Å². The number of carboxylic acid groups (broad SMARTS) is 1. The van der Waals surface area contributed by atoms with Crippen molar-refractivity contribution in [3.05, 3.63) is 53.6 Å². The highest BCUT2D eigenvalue weighted by Crippen LogP contribution is 2.27. The van der Waals surface area contributed by atoms with E-state index in [4.69, 9.17) is 14.6 Å². The average molecular weight is 357 g/mol. The zero-order valence-corrected chi connectivity index (χ0v) is 15.1. The average Bonchev–Trinajstić information content (AvgIpc) is 2.60. The Balaban J connectivity index is 2.20. The second-order valence-electron chi connectivity index (χ2n) is 6.01. The Morgan fingerprint density at radius 3 is 2.31 bits per heavy atom.